The van der Waals surface area contributed by atoms with Crippen molar-refractivity contribution in [3.8, 4) is 11.6 Å². The van der Waals surface area contributed by atoms with Crippen molar-refractivity contribution >= 4 is 17.0 Å². The molecular weight excluding hydrogens is 319 g/mol. The number of rotatable bonds is 5. The second-order valence-corrected chi connectivity index (χ2v) is 5.51. The number of aromatic amines is 1. The fourth-order valence-corrected chi connectivity index (χ4v) is 2.46. The largest absolute Gasteiger partial charge is 0.439 e. The molecule has 2 aromatic carbocycles. The van der Waals surface area contributed by atoms with E-state index in [2.05, 4.69) is 20.3 Å². The fourth-order valence-electron chi connectivity index (χ4n) is 2.46. The molecule has 0 saturated carbocycles. The molecule has 0 aliphatic carbocycles. The summed E-state index contributed by atoms with van der Waals surface area (Å²) in [4.78, 5) is 11.9. The van der Waals surface area contributed by atoms with Crippen molar-refractivity contribution in [1.29, 1.82) is 0 Å². The van der Waals surface area contributed by atoms with Crippen LogP contribution < -0.4 is 10.1 Å². The summed E-state index contributed by atoms with van der Waals surface area (Å²) >= 11 is 0. The highest BCUT2D eigenvalue weighted by atomic mass is 19.1. The molecule has 0 amide bonds. The van der Waals surface area contributed by atoms with Gasteiger partial charge < -0.3 is 15.0 Å². The van der Waals surface area contributed by atoms with E-state index in [0.717, 1.165) is 16.6 Å². The summed E-state index contributed by atoms with van der Waals surface area (Å²) in [5.74, 6) is 1.40. The van der Waals surface area contributed by atoms with Gasteiger partial charge in [-0.3, -0.25) is 0 Å². The summed E-state index contributed by atoms with van der Waals surface area (Å²) in [6, 6.07) is 17.4. The lowest BCUT2D eigenvalue weighted by Gasteiger charge is -2.07. The van der Waals surface area contributed by atoms with Crippen molar-refractivity contribution < 1.29 is 9.13 Å². The Morgan fingerprint density at radius 3 is 2.72 bits per heavy atom. The van der Waals surface area contributed by atoms with E-state index in [4.69, 9.17) is 4.74 Å². The van der Waals surface area contributed by atoms with E-state index in [1.165, 1.54) is 12.1 Å². The van der Waals surface area contributed by atoms with E-state index >= 15 is 0 Å². The van der Waals surface area contributed by atoms with Crippen molar-refractivity contribution in [3.63, 3.8) is 0 Å². The molecule has 124 valence electrons. The zero-order valence-corrected chi connectivity index (χ0v) is 13.2. The van der Waals surface area contributed by atoms with Gasteiger partial charge in [0, 0.05) is 18.8 Å². The first-order valence-corrected chi connectivity index (χ1v) is 7.83. The number of hydrogen-bond acceptors (Lipinski definition) is 4. The minimum atomic E-state index is -0.302. The van der Waals surface area contributed by atoms with Crippen LogP contribution in [0.1, 0.15) is 5.56 Å². The summed E-state index contributed by atoms with van der Waals surface area (Å²) in [5, 5.41) is 3.25. The third kappa shape index (κ3) is 3.58. The maximum absolute atomic E-state index is 12.9. The van der Waals surface area contributed by atoms with Crippen molar-refractivity contribution in [3.05, 3.63) is 78.2 Å². The van der Waals surface area contributed by atoms with Gasteiger partial charge in [0.1, 0.15) is 11.6 Å². The van der Waals surface area contributed by atoms with Crippen LogP contribution in [0.2, 0.25) is 0 Å². The van der Waals surface area contributed by atoms with Crippen molar-refractivity contribution in [1.82, 2.24) is 15.0 Å². The Morgan fingerprint density at radius 2 is 1.88 bits per heavy atom. The molecule has 5 nitrogen and oxygen atoms in total. The molecule has 4 aromatic rings. The van der Waals surface area contributed by atoms with Gasteiger partial charge in [-0.25, -0.2) is 14.4 Å². The van der Waals surface area contributed by atoms with Crippen LogP contribution in [0.25, 0.3) is 11.0 Å². The highest BCUT2D eigenvalue weighted by Gasteiger charge is 2.04. The van der Waals surface area contributed by atoms with E-state index in [1.807, 2.05) is 36.4 Å². The Balaban J connectivity index is 1.44. The monoisotopic (exact) mass is 334 g/mol. The molecule has 2 N–H and O–H groups in total. The standard InChI is InChI=1S/C19H15FN4O/c20-14-5-7-15(8-6-14)25-18-11-13(9-10-21-18)12-22-19-23-16-3-1-2-4-17(16)24-19/h1-11H,12H2,(H2,22,23,24). The molecule has 2 aromatic heterocycles. The molecule has 0 aliphatic rings. The molecule has 0 atom stereocenters. The quantitative estimate of drug-likeness (QED) is 0.564. The van der Waals surface area contributed by atoms with Crippen LogP contribution in [-0.4, -0.2) is 15.0 Å². The molecule has 0 unspecified atom stereocenters. The van der Waals surface area contributed by atoms with Gasteiger partial charge in [-0.05, 0) is 48.0 Å². The first-order valence-electron chi connectivity index (χ1n) is 7.83. The topological polar surface area (TPSA) is 62.8 Å². The van der Waals surface area contributed by atoms with Crippen LogP contribution in [0.5, 0.6) is 11.6 Å². The zero-order valence-electron chi connectivity index (χ0n) is 13.2. The second-order valence-electron chi connectivity index (χ2n) is 5.51. The third-order valence-corrected chi connectivity index (χ3v) is 3.68. The van der Waals surface area contributed by atoms with E-state index < -0.39 is 0 Å². The molecule has 0 aliphatic heterocycles. The number of nitrogens with zero attached hydrogens (tertiary/aromatic N) is 2. The summed E-state index contributed by atoms with van der Waals surface area (Å²) in [6.07, 6.45) is 1.68. The second kappa shape index (κ2) is 6.60. The zero-order chi connectivity index (χ0) is 17.1. The average Bonchev–Trinajstić information content (AvgIpc) is 3.05. The number of ether oxygens (including phenoxy) is 1. The first kappa shape index (κ1) is 15.1. The number of H-pyrrole nitrogens is 1. The summed E-state index contributed by atoms with van der Waals surface area (Å²) in [7, 11) is 0. The van der Waals surface area contributed by atoms with Gasteiger partial charge in [0.05, 0.1) is 11.0 Å². The minimum absolute atomic E-state index is 0.302. The number of benzene rings is 2. The molecule has 2 heterocycles. The lowest BCUT2D eigenvalue weighted by Crippen LogP contribution is -2.01. The lowest BCUT2D eigenvalue weighted by atomic mass is 10.2. The molecule has 0 saturated heterocycles. The minimum Gasteiger partial charge on any atom is -0.439 e. The maximum atomic E-state index is 12.9. The Hall–Kier alpha value is -3.41. The van der Waals surface area contributed by atoms with E-state index in [1.54, 1.807) is 18.3 Å². The van der Waals surface area contributed by atoms with Gasteiger partial charge in [0.15, 0.2) is 0 Å². The van der Waals surface area contributed by atoms with Crippen molar-refractivity contribution in [2.45, 2.75) is 6.54 Å². The Morgan fingerprint density at radius 1 is 1.04 bits per heavy atom. The number of anilines is 1. The van der Waals surface area contributed by atoms with E-state index in [-0.39, 0.29) is 5.82 Å². The number of aromatic nitrogens is 3. The van der Waals surface area contributed by atoms with E-state index in [9.17, 15) is 4.39 Å². The molecule has 0 fully saturated rings. The summed E-state index contributed by atoms with van der Waals surface area (Å²) in [5.41, 5.74) is 2.90. The highest BCUT2D eigenvalue weighted by molar-refractivity contribution is 5.77. The molecular formula is C19H15FN4O. The van der Waals surface area contributed by atoms with Crippen LogP contribution in [0.15, 0.2) is 66.9 Å². The molecule has 6 heteroatoms. The van der Waals surface area contributed by atoms with Gasteiger partial charge in [0.2, 0.25) is 11.8 Å². The van der Waals surface area contributed by atoms with Crippen molar-refractivity contribution in [2.75, 3.05) is 5.32 Å². The summed E-state index contributed by atoms with van der Waals surface area (Å²) in [6.45, 7) is 0.572. The van der Waals surface area contributed by atoms with Gasteiger partial charge in [-0.15, -0.1) is 0 Å². The molecule has 4 rings (SSSR count). The van der Waals surface area contributed by atoms with E-state index in [0.29, 0.717) is 24.1 Å². The summed E-state index contributed by atoms with van der Waals surface area (Å²) < 4.78 is 18.6. The third-order valence-electron chi connectivity index (χ3n) is 3.68. The molecule has 0 spiro atoms. The normalized spacial score (nSPS) is 10.8. The maximum Gasteiger partial charge on any atom is 0.219 e. The van der Waals surface area contributed by atoms with Gasteiger partial charge >= 0.3 is 0 Å². The number of fused-ring (bicyclic) bond motifs is 1. The van der Waals surface area contributed by atoms with Gasteiger partial charge in [-0.2, -0.15) is 0 Å². The van der Waals surface area contributed by atoms with Crippen LogP contribution in [0.3, 0.4) is 0 Å². The predicted molar refractivity (Wildman–Crippen MR) is 94.1 cm³/mol. The number of para-hydroxylation sites is 2. The highest BCUT2D eigenvalue weighted by Crippen LogP contribution is 2.21. The SMILES string of the molecule is Fc1ccc(Oc2cc(CNc3nc4ccccc4[nH]3)ccn2)cc1. The predicted octanol–water partition coefficient (Wildman–Crippen LogP) is 4.50. The van der Waals surface area contributed by atoms with Crippen molar-refractivity contribution in [2.24, 2.45) is 0 Å². The smallest absolute Gasteiger partial charge is 0.219 e. The van der Waals surface area contributed by atoms with Gasteiger partial charge in [0.25, 0.3) is 0 Å². The Bertz CT molecular complexity index is 965. The molecule has 25 heavy (non-hydrogen) atoms. The molecule has 0 bridgehead atoms. The van der Waals surface area contributed by atoms with Crippen LogP contribution >= 0.6 is 0 Å². The fraction of sp³-hybridized carbons (Fsp3) is 0.0526. The number of pyridine rings is 1. The number of halogens is 1. The van der Waals surface area contributed by atoms with Crippen LogP contribution in [-0.2, 0) is 6.54 Å². The Labute approximate surface area is 143 Å². The first-order chi connectivity index (χ1) is 12.3. The van der Waals surface area contributed by atoms with Gasteiger partial charge in [-0.1, -0.05) is 12.1 Å². The number of hydrogen-bond donors (Lipinski definition) is 2. The average molecular weight is 334 g/mol. The van der Waals surface area contributed by atoms with Crippen LogP contribution in [0, 0.1) is 5.82 Å². The number of nitrogens with one attached hydrogen (secondary N) is 2. The lowest BCUT2D eigenvalue weighted by molar-refractivity contribution is 0.460. The van der Waals surface area contributed by atoms with Crippen LogP contribution in [0.4, 0.5) is 10.3 Å². The molecule has 0 radical (unpaired) electrons. The Kier molecular flexibility index (Phi) is 4.00. The number of imidazole rings is 1.